The first kappa shape index (κ1) is 7.83. The van der Waals surface area contributed by atoms with Crippen LogP contribution in [0.1, 0.15) is 0 Å². The third-order valence-corrected chi connectivity index (χ3v) is 1.41. The molecule has 0 saturated heterocycles. The Morgan fingerprint density at radius 2 is 1.91 bits per heavy atom. The fourth-order valence-electron chi connectivity index (χ4n) is 0.630. The minimum Gasteiger partial charge on any atom is -0.207 e. The van der Waals surface area contributed by atoms with Crippen molar-refractivity contribution >= 4 is 17.5 Å². The molecule has 0 aliphatic rings. The van der Waals surface area contributed by atoms with Crippen LogP contribution in [0.25, 0.3) is 0 Å². The van der Waals surface area contributed by atoms with Crippen molar-refractivity contribution in [3.8, 4) is 6.19 Å². The number of anilines is 1. The van der Waals surface area contributed by atoms with E-state index in [1.54, 1.807) is 6.19 Å². The zero-order chi connectivity index (χ0) is 8.27. The Bertz CT molecular complexity index is 277. The van der Waals surface area contributed by atoms with Crippen molar-refractivity contribution in [2.24, 2.45) is 0 Å². The van der Waals surface area contributed by atoms with E-state index in [1.165, 1.54) is 24.3 Å². The van der Waals surface area contributed by atoms with E-state index >= 15 is 0 Å². The second kappa shape index (κ2) is 3.22. The zero-order valence-corrected chi connectivity index (χ0v) is 6.22. The molecular formula is C7H4ClFN2. The van der Waals surface area contributed by atoms with Crippen LogP contribution in [-0.4, -0.2) is 0 Å². The van der Waals surface area contributed by atoms with Gasteiger partial charge in [-0.3, -0.25) is 0 Å². The SMILES string of the molecule is N#CN(Cl)c1ccc(F)cc1. The molecule has 0 N–H and O–H groups in total. The molecule has 4 heteroatoms. The molecule has 0 radical (unpaired) electrons. The van der Waals surface area contributed by atoms with Gasteiger partial charge < -0.3 is 0 Å². The second-order valence-corrected chi connectivity index (χ2v) is 2.20. The lowest BCUT2D eigenvalue weighted by Crippen LogP contribution is -1.98. The summed E-state index contributed by atoms with van der Waals surface area (Å²) in [6.07, 6.45) is 1.68. The molecule has 1 rings (SSSR count). The molecule has 0 spiro atoms. The van der Waals surface area contributed by atoms with Gasteiger partial charge in [-0.05, 0) is 24.3 Å². The molecule has 0 heterocycles. The summed E-state index contributed by atoms with van der Waals surface area (Å²) in [5, 5.41) is 8.31. The van der Waals surface area contributed by atoms with Crippen LogP contribution >= 0.6 is 11.8 Å². The van der Waals surface area contributed by atoms with Gasteiger partial charge in [-0.25, -0.2) is 4.39 Å². The van der Waals surface area contributed by atoms with Crippen molar-refractivity contribution in [2.45, 2.75) is 0 Å². The van der Waals surface area contributed by atoms with Crippen molar-refractivity contribution < 1.29 is 4.39 Å². The van der Waals surface area contributed by atoms with Crippen LogP contribution in [0.15, 0.2) is 24.3 Å². The first-order chi connectivity index (χ1) is 5.24. The number of nitrogens with zero attached hydrogens (tertiary/aromatic N) is 2. The Balaban J connectivity index is 2.92. The van der Waals surface area contributed by atoms with Gasteiger partial charge in [0.25, 0.3) is 0 Å². The molecule has 0 saturated carbocycles. The van der Waals surface area contributed by atoms with Crippen molar-refractivity contribution in [3.05, 3.63) is 30.1 Å². The summed E-state index contributed by atoms with van der Waals surface area (Å²) < 4.78 is 13.1. The van der Waals surface area contributed by atoms with E-state index in [4.69, 9.17) is 17.0 Å². The van der Waals surface area contributed by atoms with Crippen molar-refractivity contribution in [1.82, 2.24) is 0 Å². The topological polar surface area (TPSA) is 27.0 Å². The molecule has 0 unspecified atom stereocenters. The Kier molecular flexibility index (Phi) is 2.29. The summed E-state index contributed by atoms with van der Waals surface area (Å²) in [7, 11) is 0. The van der Waals surface area contributed by atoms with Crippen molar-refractivity contribution in [1.29, 1.82) is 5.26 Å². The first-order valence-electron chi connectivity index (χ1n) is 2.85. The molecule has 0 aliphatic heterocycles. The molecular weight excluding hydrogens is 167 g/mol. The van der Waals surface area contributed by atoms with Crippen LogP contribution in [-0.2, 0) is 0 Å². The molecule has 0 fully saturated rings. The number of hydrogen-bond donors (Lipinski definition) is 0. The van der Waals surface area contributed by atoms with E-state index in [0.717, 1.165) is 4.42 Å². The smallest absolute Gasteiger partial charge is 0.200 e. The molecule has 0 aromatic heterocycles. The van der Waals surface area contributed by atoms with E-state index < -0.39 is 0 Å². The molecule has 1 aromatic carbocycles. The Labute approximate surface area is 68.5 Å². The summed E-state index contributed by atoms with van der Waals surface area (Å²) >= 11 is 5.39. The fraction of sp³-hybridized carbons (Fsp3) is 0. The van der Waals surface area contributed by atoms with E-state index in [9.17, 15) is 4.39 Å². The predicted octanol–water partition coefficient (Wildman–Crippen LogP) is 2.27. The average Bonchev–Trinajstić information content (AvgIpc) is 2.05. The maximum absolute atomic E-state index is 12.3. The molecule has 11 heavy (non-hydrogen) atoms. The summed E-state index contributed by atoms with van der Waals surface area (Å²) in [5.41, 5.74) is 0.454. The Hall–Kier alpha value is -1.27. The van der Waals surface area contributed by atoms with E-state index in [-0.39, 0.29) is 5.82 Å². The summed E-state index contributed by atoms with van der Waals surface area (Å²) in [6.45, 7) is 0. The second-order valence-electron chi connectivity index (χ2n) is 1.86. The van der Waals surface area contributed by atoms with Crippen LogP contribution in [0.2, 0.25) is 0 Å². The highest BCUT2D eigenvalue weighted by Gasteiger charge is 1.99. The normalized spacial score (nSPS) is 8.82. The van der Waals surface area contributed by atoms with Crippen LogP contribution in [0, 0.1) is 17.3 Å². The van der Waals surface area contributed by atoms with Crippen LogP contribution in [0.5, 0.6) is 0 Å². The highest BCUT2D eigenvalue weighted by Crippen LogP contribution is 2.15. The average molecular weight is 171 g/mol. The number of hydrogen-bond acceptors (Lipinski definition) is 2. The lowest BCUT2D eigenvalue weighted by molar-refractivity contribution is 0.628. The van der Waals surface area contributed by atoms with Crippen molar-refractivity contribution in [3.63, 3.8) is 0 Å². The lowest BCUT2D eigenvalue weighted by Gasteiger charge is -2.03. The van der Waals surface area contributed by atoms with Crippen LogP contribution in [0.4, 0.5) is 10.1 Å². The summed E-state index contributed by atoms with van der Waals surface area (Å²) in [5.74, 6) is -0.350. The van der Waals surface area contributed by atoms with E-state index in [0.29, 0.717) is 5.69 Å². The monoisotopic (exact) mass is 170 g/mol. The highest BCUT2D eigenvalue weighted by atomic mass is 35.5. The van der Waals surface area contributed by atoms with Gasteiger partial charge in [0.2, 0.25) is 0 Å². The van der Waals surface area contributed by atoms with Gasteiger partial charge in [0.15, 0.2) is 6.19 Å². The van der Waals surface area contributed by atoms with Gasteiger partial charge in [-0.1, -0.05) is 0 Å². The minimum atomic E-state index is -0.350. The van der Waals surface area contributed by atoms with Gasteiger partial charge in [-0.2, -0.15) is 9.68 Å². The lowest BCUT2D eigenvalue weighted by atomic mass is 10.3. The predicted molar refractivity (Wildman–Crippen MR) is 40.3 cm³/mol. The summed E-state index contributed by atoms with van der Waals surface area (Å²) in [4.78, 5) is 0. The van der Waals surface area contributed by atoms with Gasteiger partial charge >= 0.3 is 0 Å². The maximum Gasteiger partial charge on any atom is 0.200 e. The zero-order valence-electron chi connectivity index (χ0n) is 5.46. The van der Waals surface area contributed by atoms with Crippen LogP contribution in [0.3, 0.4) is 0 Å². The van der Waals surface area contributed by atoms with Gasteiger partial charge in [0, 0.05) is 11.8 Å². The van der Waals surface area contributed by atoms with E-state index in [2.05, 4.69) is 0 Å². The third kappa shape index (κ3) is 1.82. The molecule has 0 bridgehead atoms. The molecule has 1 aromatic rings. The maximum atomic E-state index is 12.3. The van der Waals surface area contributed by atoms with Crippen molar-refractivity contribution in [2.75, 3.05) is 4.42 Å². The number of halogens is 2. The first-order valence-corrected chi connectivity index (χ1v) is 3.19. The van der Waals surface area contributed by atoms with Gasteiger partial charge in [-0.15, -0.1) is 0 Å². The number of nitriles is 1. The minimum absolute atomic E-state index is 0.350. The Morgan fingerprint density at radius 3 is 2.36 bits per heavy atom. The van der Waals surface area contributed by atoms with Gasteiger partial charge in [0.1, 0.15) is 5.82 Å². The number of rotatable bonds is 1. The number of benzene rings is 1. The molecule has 2 nitrogen and oxygen atoms in total. The quantitative estimate of drug-likeness (QED) is 0.367. The third-order valence-electron chi connectivity index (χ3n) is 1.14. The standard InChI is InChI=1S/C7H4ClFN2/c8-11(5-10)7-3-1-6(9)2-4-7/h1-4H. The van der Waals surface area contributed by atoms with E-state index in [1.807, 2.05) is 0 Å². The molecule has 56 valence electrons. The Morgan fingerprint density at radius 1 is 1.36 bits per heavy atom. The largest absolute Gasteiger partial charge is 0.207 e. The molecule has 0 atom stereocenters. The summed E-state index contributed by atoms with van der Waals surface area (Å²) in [6, 6.07) is 5.32. The fourth-order valence-corrected chi connectivity index (χ4v) is 0.742. The molecule has 0 aliphatic carbocycles. The van der Waals surface area contributed by atoms with Gasteiger partial charge in [0.05, 0.1) is 5.69 Å². The van der Waals surface area contributed by atoms with Crippen LogP contribution < -0.4 is 4.42 Å². The highest BCUT2D eigenvalue weighted by molar-refractivity contribution is 6.27. The molecule has 0 amide bonds.